The fourth-order valence-electron chi connectivity index (χ4n) is 0.0206. The molecule has 0 saturated carbocycles. The first kappa shape index (κ1) is 10.1. The molecule has 0 atom stereocenters. The van der Waals surface area contributed by atoms with Crippen molar-refractivity contribution in [3.63, 3.8) is 0 Å². The molecule has 0 aliphatic heterocycles. The average Bonchev–Trinajstić information content (AvgIpc) is 1.65. The van der Waals surface area contributed by atoms with E-state index in [-0.39, 0.29) is 12.0 Å². The molecule has 0 bridgehead atoms. The molecule has 0 aliphatic rings. The minimum atomic E-state index is -0.627. The second kappa shape index (κ2) is 6.01. The van der Waals surface area contributed by atoms with Crippen molar-refractivity contribution in [2.75, 3.05) is 5.88 Å². The van der Waals surface area contributed by atoms with Gasteiger partial charge in [-0.2, -0.15) is 0 Å². The first-order valence-corrected chi connectivity index (χ1v) is 2.03. The Kier molecular flexibility index (Phi) is 8.66. The molecule has 3 nitrogen and oxygen atoms in total. The molecule has 0 radical (unpaired) electrons. The molecule has 0 aliphatic carbocycles. The van der Waals surface area contributed by atoms with E-state index in [0.29, 0.717) is 0 Å². The summed E-state index contributed by atoms with van der Waals surface area (Å²) in [6.07, 6.45) is 0. The maximum Gasteiger partial charge on any atom is 0.339 e. The largest absolute Gasteiger partial charge is 0.346 e. The van der Waals surface area contributed by atoms with Crippen LogP contribution in [0.5, 0.6) is 0 Å². The second-order valence-corrected chi connectivity index (χ2v) is 1.00. The Hall–Kier alpha value is 0.01000. The van der Waals surface area contributed by atoms with E-state index in [4.69, 9.17) is 11.6 Å². The van der Waals surface area contributed by atoms with Crippen LogP contribution in [0.3, 0.4) is 0 Å². The van der Waals surface area contributed by atoms with Crippen molar-refractivity contribution < 1.29 is 9.08 Å². The number of carbonyl (C=O) groups excluding carboxylic acids is 1. The highest BCUT2D eigenvalue weighted by molar-refractivity contribution is 6.28. The van der Waals surface area contributed by atoms with Gasteiger partial charge in [-0.3, -0.25) is 0 Å². The van der Waals surface area contributed by atoms with Crippen molar-refractivity contribution in [1.29, 1.82) is 0 Å². The quantitative estimate of drug-likeness (QED) is 0.563. The van der Waals surface area contributed by atoms with Gasteiger partial charge in [0.15, 0.2) is 0 Å². The molecule has 0 spiro atoms. The van der Waals surface area contributed by atoms with Crippen LogP contribution in [0.1, 0.15) is 0 Å². The van der Waals surface area contributed by atoms with Gasteiger partial charge >= 0.3 is 5.97 Å². The summed E-state index contributed by atoms with van der Waals surface area (Å²) in [6, 6.07) is 0. The summed E-state index contributed by atoms with van der Waals surface area (Å²) in [5.74, 6) is -0.818. The topological polar surface area (TPSA) is 61.3 Å². The number of alkyl halides is 1. The number of hydrogen-bond acceptors (Lipinski definition) is 3. The molecule has 5 heteroatoms. The Morgan fingerprint density at radius 2 is 2.14 bits per heavy atom. The van der Waals surface area contributed by atoms with Crippen molar-refractivity contribution in [3.8, 4) is 0 Å². The van der Waals surface area contributed by atoms with E-state index < -0.39 is 5.97 Å². The van der Waals surface area contributed by atoms with Crippen LogP contribution < -0.4 is 6.15 Å². The molecule has 0 saturated heterocycles. The Morgan fingerprint density at radius 1 is 1.71 bits per heavy atom. The van der Waals surface area contributed by atoms with Crippen molar-refractivity contribution in [2.24, 2.45) is 0 Å². The van der Waals surface area contributed by atoms with E-state index in [1.165, 1.54) is 0 Å². The highest BCUT2D eigenvalue weighted by Crippen LogP contribution is 1.83. The van der Waals surface area contributed by atoms with Crippen molar-refractivity contribution in [2.45, 2.75) is 0 Å². The zero-order valence-electron chi connectivity index (χ0n) is 3.49. The Labute approximate surface area is 51.3 Å². The lowest BCUT2D eigenvalue weighted by atomic mass is 10.8. The molecule has 0 unspecified atom stereocenters. The number of hydrogen-bond donors (Lipinski definition) is 1. The Bertz CT molecular complexity index is 51.7. The highest BCUT2D eigenvalue weighted by Gasteiger charge is 1.92. The summed E-state index contributed by atoms with van der Waals surface area (Å²) >= 11 is 9.41. The van der Waals surface area contributed by atoms with E-state index in [1.807, 2.05) is 0 Å². The van der Waals surface area contributed by atoms with Crippen LogP contribution in [-0.4, -0.2) is 11.8 Å². The van der Waals surface area contributed by atoms with Crippen molar-refractivity contribution in [3.05, 3.63) is 0 Å². The van der Waals surface area contributed by atoms with Crippen LogP contribution in [0, 0.1) is 0 Å². The van der Waals surface area contributed by atoms with Crippen LogP contribution in [-0.2, 0) is 9.08 Å². The fourth-order valence-corrected chi connectivity index (χ4v) is 0.186. The van der Waals surface area contributed by atoms with Gasteiger partial charge in [-0.05, 0) is 0 Å². The van der Waals surface area contributed by atoms with Crippen LogP contribution in [0.2, 0.25) is 0 Å². The zero-order chi connectivity index (χ0) is 4.99. The molecule has 3 N–H and O–H groups in total. The van der Waals surface area contributed by atoms with E-state index in [0.717, 1.165) is 0 Å². The molecular formula is C2H5Cl2NO2. The first-order chi connectivity index (χ1) is 2.81. The van der Waals surface area contributed by atoms with Crippen molar-refractivity contribution >= 4 is 29.4 Å². The van der Waals surface area contributed by atoms with Crippen molar-refractivity contribution in [1.82, 2.24) is 6.15 Å². The average molecular weight is 146 g/mol. The molecule has 0 amide bonds. The zero-order valence-corrected chi connectivity index (χ0v) is 5.00. The molecule has 0 rings (SSSR count). The SMILES string of the molecule is N.O=C(CCl)OCl. The van der Waals surface area contributed by atoms with Gasteiger partial charge in [0.2, 0.25) is 0 Å². The third kappa shape index (κ3) is 6.01. The van der Waals surface area contributed by atoms with E-state index >= 15 is 0 Å². The lowest BCUT2D eigenvalue weighted by Gasteiger charge is -1.80. The van der Waals surface area contributed by atoms with Gasteiger partial charge < -0.3 is 10.4 Å². The highest BCUT2D eigenvalue weighted by atomic mass is 35.5. The summed E-state index contributed by atoms with van der Waals surface area (Å²) in [6.45, 7) is 0. The molecular weight excluding hydrogens is 141 g/mol. The van der Waals surface area contributed by atoms with Gasteiger partial charge in [0.05, 0.1) is 0 Å². The molecule has 0 aromatic carbocycles. The Balaban J connectivity index is 0. The molecule has 0 aromatic heterocycles. The lowest BCUT2D eigenvalue weighted by molar-refractivity contribution is -0.131. The van der Waals surface area contributed by atoms with Crippen LogP contribution in [0.4, 0.5) is 0 Å². The molecule has 0 aromatic rings. The van der Waals surface area contributed by atoms with Crippen LogP contribution in [0.25, 0.3) is 0 Å². The van der Waals surface area contributed by atoms with Gasteiger partial charge in [0, 0.05) is 0 Å². The van der Waals surface area contributed by atoms with E-state index in [1.54, 1.807) is 0 Å². The van der Waals surface area contributed by atoms with Crippen LogP contribution >= 0.6 is 23.5 Å². The summed E-state index contributed by atoms with van der Waals surface area (Å²) in [5.41, 5.74) is 0. The monoisotopic (exact) mass is 145 g/mol. The van der Waals surface area contributed by atoms with Gasteiger partial charge in [-0.25, -0.2) is 4.79 Å². The predicted molar refractivity (Wildman–Crippen MR) is 27.7 cm³/mol. The third-order valence-electron chi connectivity index (χ3n) is 0.195. The normalized spacial score (nSPS) is 6.57. The third-order valence-corrected chi connectivity index (χ3v) is 0.585. The minimum Gasteiger partial charge on any atom is -0.346 e. The number of halogens is 2. The summed E-state index contributed by atoms with van der Waals surface area (Å²) < 4.78 is 3.60. The molecule has 44 valence electrons. The molecule has 7 heavy (non-hydrogen) atoms. The number of rotatable bonds is 1. The van der Waals surface area contributed by atoms with Gasteiger partial charge in [-0.1, -0.05) is 0 Å². The maximum absolute atomic E-state index is 9.69. The van der Waals surface area contributed by atoms with Gasteiger partial charge in [0.25, 0.3) is 0 Å². The summed E-state index contributed by atoms with van der Waals surface area (Å²) in [7, 11) is 0. The van der Waals surface area contributed by atoms with E-state index in [2.05, 4.69) is 16.2 Å². The minimum absolute atomic E-state index is 0. The smallest absolute Gasteiger partial charge is 0.339 e. The summed E-state index contributed by atoms with van der Waals surface area (Å²) in [5, 5.41) is 0. The predicted octanol–water partition coefficient (Wildman–Crippen LogP) is 1.08. The molecule has 0 heterocycles. The van der Waals surface area contributed by atoms with E-state index in [9.17, 15) is 4.79 Å². The first-order valence-electron chi connectivity index (χ1n) is 1.18. The lowest BCUT2D eigenvalue weighted by Crippen LogP contribution is -1.95. The van der Waals surface area contributed by atoms with Gasteiger partial charge in [-0.15, -0.1) is 11.6 Å². The Morgan fingerprint density at radius 3 is 2.14 bits per heavy atom. The second-order valence-electron chi connectivity index (χ2n) is 0.583. The molecule has 0 fully saturated rings. The standard InChI is InChI=1S/C2H2Cl2O2.H3N/c3-1-2(5)6-4;/h1H2;1H3. The number of carbonyl (C=O) groups is 1. The van der Waals surface area contributed by atoms with Gasteiger partial charge in [0.1, 0.15) is 17.7 Å². The van der Waals surface area contributed by atoms with Crippen LogP contribution in [0.15, 0.2) is 0 Å². The maximum atomic E-state index is 9.69. The fraction of sp³-hybridized carbons (Fsp3) is 0.500. The summed E-state index contributed by atoms with van der Waals surface area (Å²) in [4.78, 5) is 9.69.